The third-order valence-electron chi connectivity index (χ3n) is 4.91. The number of rotatable bonds is 6. The molecule has 1 aromatic carbocycles. The Bertz CT molecular complexity index is 978. The number of hydrogen-bond donors (Lipinski definition) is 0. The average Bonchev–Trinajstić information content (AvgIpc) is 2.74. The van der Waals surface area contributed by atoms with Crippen LogP contribution in [0.4, 0.5) is 8.78 Å². The monoisotopic (exact) mass is 411 g/mol. The molecular weight excluding hydrogens is 384 g/mol. The van der Waals surface area contributed by atoms with E-state index in [1.54, 1.807) is 0 Å². The molecule has 150 valence electrons. The highest BCUT2D eigenvalue weighted by atomic mass is 35.5. The van der Waals surface area contributed by atoms with E-state index in [1.165, 1.54) is 36.4 Å². The van der Waals surface area contributed by atoms with Gasteiger partial charge < -0.3 is 4.90 Å². The van der Waals surface area contributed by atoms with Crippen LogP contribution in [0.3, 0.4) is 0 Å². The van der Waals surface area contributed by atoms with Crippen molar-refractivity contribution in [2.45, 2.75) is 51.0 Å². The van der Waals surface area contributed by atoms with Crippen molar-refractivity contribution >= 4 is 17.5 Å². The summed E-state index contributed by atoms with van der Waals surface area (Å²) in [7, 11) is 0. The number of likely N-dealkylation sites (tertiary alicyclic amines) is 1. The van der Waals surface area contributed by atoms with Gasteiger partial charge in [-0.15, -0.1) is 0 Å². The van der Waals surface area contributed by atoms with Gasteiger partial charge in [-0.2, -0.15) is 0 Å². The molecule has 0 aliphatic carbocycles. The number of amides is 1. The van der Waals surface area contributed by atoms with Gasteiger partial charge in [-0.05, 0) is 55.8 Å². The minimum absolute atomic E-state index is 0.0551. The standard InChI is InChI=1S/C21H24ClF2N3O/c1-2-15-13-25-19(26-14-15)4-3-7-21(24)8-10-27(11-9-21)20(28)16-5-6-18(23)17(22)12-16/h5-6,12-14H,2-4,7-11H2,1H3/i2D2,4D2. The minimum atomic E-state index is -1.98. The number of aryl methyl sites for hydroxylation is 2. The van der Waals surface area contributed by atoms with Crippen LogP contribution in [-0.4, -0.2) is 39.5 Å². The molecule has 0 unspecified atom stereocenters. The summed E-state index contributed by atoms with van der Waals surface area (Å²) in [5.41, 5.74) is -1.17. The van der Waals surface area contributed by atoms with E-state index in [4.69, 9.17) is 17.1 Å². The van der Waals surface area contributed by atoms with Crippen molar-refractivity contribution in [3.63, 3.8) is 0 Å². The first-order chi connectivity index (χ1) is 14.8. The van der Waals surface area contributed by atoms with Crippen LogP contribution < -0.4 is 0 Å². The van der Waals surface area contributed by atoms with Gasteiger partial charge in [0.05, 0.1) is 5.02 Å². The maximum atomic E-state index is 15.3. The Balaban J connectivity index is 1.58. The van der Waals surface area contributed by atoms with Crippen LogP contribution in [0, 0.1) is 5.82 Å². The van der Waals surface area contributed by atoms with Gasteiger partial charge in [-0.3, -0.25) is 4.79 Å². The lowest BCUT2D eigenvalue weighted by molar-refractivity contribution is 0.0389. The number of hydrogen-bond acceptors (Lipinski definition) is 3. The molecule has 0 saturated carbocycles. The molecule has 0 atom stereocenters. The molecule has 1 aliphatic heterocycles. The van der Waals surface area contributed by atoms with Crippen LogP contribution >= 0.6 is 11.6 Å². The van der Waals surface area contributed by atoms with Crippen LogP contribution in [0.2, 0.25) is 5.02 Å². The number of halogens is 3. The van der Waals surface area contributed by atoms with E-state index in [0.29, 0.717) is 0 Å². The summed E-state index contributed by atoms with van der Waals surface area (Å²) >= 11 is 5.74. The van der Waals surface area contributed by atoms with Crippen LogP contribution in [0.25, 0.3) is 0 Å². The number of alkyl halides is 1. The Hall–Kier alpha value is -2.08. The third-order valence-corrected chi connectivity index (χ3v) is 5.20. The number of aromatic nitrogens is 2. The van der Waals surface area contributed by atoms with E-state index in [2.05, 4.69) is 9.97 Å². The van der Waals surface area contributed by atoms with Gasteiger partial charge in [-0.1, -0.05) is 18.5 Å². The zero-order chi connectivity index (χ0) is 23.7. The van der Waals surface area contributed by atoms with Crippen LogP contribution in [0.15, 0.2) is 30.6 Å². The molecule has 0 radical (unpaired) electrons. The Morgan fingerprint density at radius 3 is 2.61 bits per heavy atom. The summed E-state index contributed by atoms with van der Waals surface area (Å²) in [6.07, 6.45) is -1.23. The molecule has 1 fully saturated rings. The summed E-state index contributed by atoms with van der Waals surface area (Å²) < 4.78 is 60.4. The van der Waals surface area contributed by atoms with Crippen LogP contribution in [0.1, 0.15) is 59.8 Å². The molecule has 28 heavy (non-hydrogen) atoms. The molecule has 1 amide bonds. The first kappa shape index (κ1) is 15.8. The topological polar surface area (TPSA) is 46.1 Å². The molecule has 2 aromatic rings. The zero-order valence-electron chi connectivity index (χ0n) is 19.5. The predicted octanol–water partition coefficient (Wildman–Crippen LogP) is 4.80. The minimum Gasteiger partial charge on any atom is -0.338 e. The van der Waals surface area contributed by atoms with Gasteiger partial charge in [-0.25, -0.2) is 18.7 Å². The SMILES string of the molecule is [2H]C([2H])(C)c1cnc(C([2H])([2H])CCC2(F)CCN(C(=O)c3ccc(F)c(Cl)c3)CC2)nc1. The Morgan fingerprint density at radius 1 is 1.32 bits per heavy atom. The molecule has 1 saturated heterocycles. The molecule has 2 heterocycles. The number of piperidine rings is 1. The summed E-state index contributed by atoms with van der Waals surface area (Å²) in [6.45, 7) is 1.67. The molecule has 3 rings (SSSR count). The van der Waals surface area contributed by atoms with Crippen molar-refractivity contribution in [1.82, 2.24) is 14.9 Å². The fraction of sp³-hybridized carbons (Fsp3) is 0.476. The molecule has 0 bridgehead atoms. The van der Waals surface area contributed by atoms with Crippen LogP contribution in [0.5, 0.6) is 0 Å². The van der Waals surface area contributed by atoms with Crippen molar-refractivity contribution < 1.29 is 19.1 Å². The Morgan fingerprint density at radius 2 is 2.00 bits per heavy atom. The van der Waals surface area contributed by atoms with Gasteiger partial charge in [0.25, 0.3) is 5.91 Å². The number of nitrogens with zero attached hydrogens (tertiary/aromatic N) is 3. The van der Waals surface area contributed by atoms with Gasteiger partial charge in [0.15, 0.2) is 0 Å². The number of benzene rings is 1. The van der Waals surface area contributed by atoms with E-state index in [9.17, 15) is 9.18 Å². The second-order valence-electron chi connectivity index (χ2n) is 6.79. The average molecular weight is 412 g/mol. The van der Waals surface area contributed by atoms with Gasteiger partial charge in [0, 0.05) is 42.9 Å². The fourth-order valence-electron chi connectivity index (χ4n) is 3.12. The summed E-state index contributed by atoms with van der Waals surface area (Å²) in [5.74, 6) is -1.09. The lowest BCUT2D eigenvalue weighted by Gasteiger charge is -2.36. The summed E-state index contributed by atoms with van der Waals surface area (Å²) in [6, 6.07) is 3.70. The highest BCUT2D eigenvalue weighted by Gasteiger charge is 2.35. The second-order valence-corrected chi connectivity index (χ2v) is 7.20. The molecule has 0 N–H and O–H groups in total. The zero-order valence-corrected chi connectivity index (χ0v) is 16.3. The van der Waals surface area contributed by atoms with Gasteiger partial charge >= 0.3 is 0 Å². The summed E-state index contributed by atoms with van der Waals surface area (Å²) in [4.78, 5) is 22.0. The van der Waals surface area contributed by atoms with Crippen LogP contribution in [-0.2, 0) is 12.7 Å². The maximum absolute atomic E-state index is 15.3. The van der Waals surface area contributed by atoms with E-state index in [0.717, 1.165) is 6.07 Å². The molecular formula is C21H24ClF2N3O. The second kappa shape index (κ2) is 8.95. The first-order valence-electron chi connectivity index (χ1n) is 11.1. The first-order valence-corrected chi connectivity index (χ1v) is 9.45. The normalized spacial score (nSPS) is 19.4. The quantitative estimate of drug-likeness (QED) is 0.686. The lowest BCUT2D eigenvalue weighted by Crippen LogP contribution is -2.44. The van der Waals surface area contributed by atoms with Crippen molar-refractivity contribution in [1.29, 1.82) is 0 Å². The lowest BCUT2D eigenvalue weighted by atomic mass is 9.88. The van der Waals surface area contributed by atoms with Crippen molar-refractivity contribution in [2.75, 3.05) is 13.1 Å². The number of carbonyl (C=O) groups excluding carboxylic acids is 1. The summed E-state index contributed by atoms with van der Waals surface area (Å²) in [5, 5.41) is -0.153. The molecule has 1 aliphatic rings. The van der Waals surface area contributed by atoms with Crippen molar-refractivity contribution in [3.05, 3.63) is 58.4 Å². The van der Waals surface area contributed by atoms with E-state index in [-0.39, 0.29) is 66.7 Å². The predicted molar refractivity (Wildman–Crippen MR) is 105 cm³/mol. The fourth-order valence-corrected chi connectivity index (χ4v) is 3.30. The van der Waals surface area contributed by atoms with E-state index >= 15 is 4.39 Å². The molecule has 1 aromatic heterocycles. The van der Waals surface area contributed by atoms with E-state index in [1.807, 2.05) is 0 Å². The largest absolute Gasteiger partial charge is 0.338 e. The third kappa shape index (κ3) is 5.04. The van der Waals surface area contributed by atoms with Gasteiger partial charge in [0.2, 0.25) is 0 Å². The Kier molecular flexibility index (Phi) is 5.05. The van der Waals surface area contributed by atoms with Crippen molar-refractivity contribution in [2.24, 2.45) is 0 Å². The Labute approximate surface area is 174 Å². The molecule has 7 heteroatoms. The highest BCUT2D eigenvalue weighted by Crippen LogP contribution is 2.32. The van der Waals surface area contributed by atoms with E-state index < -0.39 is 24.2 Å². The molecule has 4 nitrogen and oxygen atoms in total. The molecule has 0 spiro atoms. The van der Waals surface area contributed by atoms with Crippen molar-refractivity contribution in [3.8, 4) is 0 Å². The van der Waals surface area contributed by atoms with Gasteiger partial charge in [0.1, 0.15) is 17.3 Å². The highest BCUT2D eigenvalue weighted by molar-refractivity contribution is 6.31. The smallest absolute Gasteiger partial charge is 0.253 e. The maximum Gasteiger partial charge on any atom is 0.253 e. The number of carbonyl (C=O) groups is 1.